The number of rotatable bonds is 4. The van der Waals surface area contributed by atoms with E-state index in [-0.39, 0.29) is 5.19 Å². The Bertz CT molecular complexity index is 556. The van der Waals surface area contributed by atoms with Crippen LogP contribution in [0.5, 0.6) is 10.9 Å². The quantitative estimate of drug-likeness (QED) is 0.940. The third-order valence-electron chi connectivity index (χ3n) is 2.19. The highest BCUT2D eigenvalue weighted by Crippen LogP contribution is 2.35. The number of alkyl halides is 3. The Morgan fingerprint density at radius 2 is 2.05 bits per heavy atom. The van der Waals surface area contributed by atoms with Gasteiger partial charge in [0.2, 0.25) is 5.01 Å². The first-order chi connectivity index (χ1) is 8.99. The number of aromatic nitrogens is 2. The van der Waals surface area contributed by atoms with Crippen molar-refractivity contribution in [2.24, 2.45) is 5.73 Å². The average molecular weight is 289 g/mol. The number of hydrogen-bond acceptors (Lipinski definition) is 5. The Morgan fingerprint density at radius 3 is 2.68 bits per heavy atom. The van der Waals surface area contributed by atoms with Crippen molar-refractivity contribution in [1.29, 1.82) is 0 Å². The molecule has 1 aromatic heterocycles. The zero-order valence-electron chi connectivity index (χ0n) is 9.65. The summed E-state index contributed by atoms with van der Waals surface area (Å²) >= 11 is 0.360. The van der Waals surface area contributed by atoms with Gasteiger partial charge < -0.3 is 10.5 Å². The second kappa shape index (κ2) is 5.54. The maximum Gasteiger partial charge on any atom is 0.445 e. The predicted molar refractivity (Wildman–Crippen MR) is 64.2 cm³/mol. The SMILES string of the molecule is NCCc1cccc(Oc2nnc(C(F)(F)F)s2)c1. The molecule has 4 nitrogen and oxygen atoms in total. The normalized spacial score (nSPS) is 11.6. The van der Waals surface area contributed by atoms with Crippen molar-refractivity contribution in [3.63, 3.8) is 0 Å². The average Bonchev–Trinajstić information content (AvgIpc) is 2.78. The lowest BCUT2D eigenvalue weighted by Crippen LogP contribution is -2.03. The van der Waals surface area contributed by atoms with Crippen molar-refractivity contribution in [3.05, 3.63) is 34.8 Å². The Balaban J connectivity index is 2.12. The van der Waals surface area contributed by atoms with E-state index in [1.807, 2.05) is 6.07 Å². The lowest BCUT2D eigenvalue weighted by Gasteiger charge is -2.03. The number of halogens is 3. The first-order valence-corrected chi connectivity index (χ1v) is 6.18. The van der Waals surface area contributed by atoms with Gasteiger partial charge in [0, 0.05) is 0 Å². The molecule has 0 fully saturated rings. The molecule has 0 atom stereocenters. The van der Waals surface area contributed by atoms with Gasteiger partial charge in [-0.25, -0.2) is 0 Å². The standard InChI is InChI=1S/C11H10F3N3OS/c12-11(13,14)9-16-17-10(19-9)18-8-3-1-2-7(6-8)4-5-15/h1-3,6H,4-5,15H2. The van der Waals surface area contributed by atoms with Gasteiger partial charge in [-0.15, -0.1) is 5.10 Å². The van der Waals surface area contributed by atoms with E-state index in [2.05, 4.69) is 10.2 Å². The minimum atomic E-state index is -4.50. The Labute approximate surface area is 111 Å². The maximum atomic E-state index is 12.3. The molecule has 0 unspecified atom stereocenters. The number of nitrogens with two attached hydrogens (primary N) is 1. The minimum Gasteiger partial charge on any atom is -0.430 e. The fraction of sp³-hybridized carbons (Fsp3) is 0.273. The first-order valence-electron chi connectivity index (χ1n) is 5.36. The molecule has 0 bridgehead atoms. The van der Waals surface area contributed by atoms with E-state index >= 15 is 0 Å². The van der Waals surface area contributed by atoms with Crippen LogP contribution in [0.1, 0.15) is 10.6 Å². The third kappa shape index (κ3) is 3.65. The fourth-order valence-corrected chi connectivity index (χ4v) is 1.98. The molecule has 0 spiro atoms. The largest absolute Gasteiger partial charge is 0.445 e. The molecule has 8 heteroatoms. The second-order valence-electron chi connectivity index (χ2n) is 3.66. The lowest BCUT2D eigenvalue weighted by atomic mass is 10.1. The molecular weight excluding hydrogens is 279 g/mol. The predicted octanol–water partition coefficient (Wildman–Crippen LogP) is 2.85. The Kier molecular flexibility index (Phi) is 4.01. The topological polar surface area (TPSA) is 61.0 Å². The van der Waals surface area contributed by atoms with E-state index < -0.39 is 11.2 Å². The van der Waals surface area contributed by atoms with E-state index in [0.29, 0.717) is 30.1 Å². The highest BCUT2D eigenvalue weighted by atomic mass is 32.1. The number of ether oxygens (including phenoxy) is 1. The summed E-state index contributed by atoms with van der Waals surface area (Å²) in [6, 6.07) is 6.95. The molecule has 0 aliphatic rings. The molecule has 0 amide bonds. The van der Waals surface area contributed by atoms with Gasteiger partial charge in [-0.1, -0.05) is 28.6 Å². The van der Waals surface area contributed by atoms with Crippen LogP contribution in [0.4, 0.5) is 13.2 Å². The van der Waals surface area contributed by atoms with Crippen molar-refractivity contribution in [2.75, 3.05) is 6.54 Å². The van der Waals surface area contributed by atoms with E-state index in [0.717, 1.165) is 5.56 Å². The number of hydrogen-bond donors (Lipinski definition) is 1. The lowest BCUT2D eigenvalue weighted by molar-refractivity contribution is -0.138. The summed E-state index contributed by atoms with van der Waals surface area (Å²) in [4.78, 5) is 0. The van der Waals surface area contributed by atoms with Crippen molar-refractivity contribution in [1.82, 2.24) is 10.2 Å². The fourth-order valence-electron chi connectivity index (χ4n) is 1.40. The first kappa shape index (κ1) is 13.8. The monoisotopic (exact) mass is 289 g/mol. The molecule has 19 heavy (non-hydrogen) atoms. The van der Waals surface area contributed by atoms with Crippen LogP contribution in [0.2, 0.25) is 0 Å². The third-order valence-corrected chi connectivity index (χ3v) is 3.03. The van der Waals surface area contributed by atoms with Crippen LogP contribution in [-0.4, -0.2) is 16.7 Å². The molecule has 2 N–H and O–H groups in total. The van der Waals surface area contributed by atoms with Crippen LogP contribution in [0.15, 0.2) is 24.3 Å². The molecule has 0 saturated heterocycles. The molecule has 2 rings (SSSR count). The van der Waals surface area contributed by atoms with E-state index in [1.54, 1.807) is 18.2 Å². The zero-order valence-corrected chi connectivity index (χ0v) is 10.5. The highest BCUT2D eigenvalue weighted by Gasteiger charge is 2.36. The van der Waals surface area contributed by atoms with Gasteiger partial charge in [-0.2, -0.15) is 13.2 Å². The summed E-state index contributed by atoms with van der Waals surface area (Å²) in [5.41, 5.74) is 6.37. The van der Waals surface area contributed by atoms with Crippen LogP contribution in [0, 0.1) is 0 Å². The smallest absolute Gasteiger partial charge is 0.430 e. The van der Waals surface area contributed by atoms with Crippen LogP contribution >= 0.6 is 11.3 Å². The minimum absolute atomic E-state index is 0.141. The number of nitrogens with zero attached hydrogens (tertiary/aromatic N) is 2. The summed E-state index contributed by atoms with van der Waals surface area (Å²) in [5, 5.41) is 5.23. The Morgan fingerprint density at radius 1 is 1.26 bits per heavy atom. The molecular formula is C11H10F3N3OS. The van der Waals surface area contributed by atoms with Crippen LogP contribution in [0.3, 0.4) is 0 Å². The number of benzene rings is 1. The van der Waals surface area contributed by atoms with Crippen molar-refractivity contribution >= 4 is 11.3 Å². The van der Waals surface area contributed by atoms with E-state index in [9.17, 15) is 13.2 Å². The Hall–Kier alpha value is -1.67. The molecule has 1 aromatic carbocycles. The van der Waals surface area contributed by atoms with Crippen LogP contribution < -0.4 is 10.5 Å². The molecule has 102 valence electrons. The van der Waals surface area contributed by atoms with Gasteiger partial charge in [0.05, 0.1) is 0 Å². The second-order valence-corrected chi connectivity index (χ2v) is 4.60. The van der Waals surface area contributed by atoms with Gasteiger partial charge in [-0.05, 0) is 30.7 Å². The van der Waals surface area contributed by atoms with Crippen molar-refractivity contribution in [3.8, 4) is 10.9 Å². The zero-order chi connectivity index (χ0) is 13.9. The molecule has 0 aliphatic heterocycles. The molecule has 0 aliphatic carbocycles. The summed E-state index contributed by atoms with van der Waals surface area (Å²) in [5.74, 6) is 0.413. The van der Waals surface area contributed by atoms with E-state index in [1.165, 1.54) is 0 Å². The summed E-state index contributed by atoms with van der Waals surface area (Å²) < 4.78 is 42.3. The summed E-state index contributed by atoms with van der Waals surface area (Å²) in [6.07, 6.45) is -3.83. The maximum absolute atomic E-state index is 12.3. The van der Waals surface area contributed by atoms with Crippen molar-refractivity contribution < 1.29 is 17.9 Å². The highest BCUT2D eigenvalue weighted by molar-refractivity contribution is 7.13. The van der Waals surface area contributed by atoms with E-state index in [4.69, 9.17) is 10.5 Å². The van der Waals surface area contributed by atoms with Gasteiger partial charge in [0.25, 0.3) is 5.19 Å². The van der Waals surface area contributed by atoms with Crippen LogP contribution in [-0.2, 0) is 12.6 Å². The van der Waals surface area contributed by atoms with Gasteiger partial charge in [0.1, 0.15) is 5.75 Å². The summed E-state index contributed by atoms with van der Waals surface area (Å²) in [6.45, 7) is 0.487. The molecule has 2 aromatic rings. The van der Waals surface area contributed by atoms with Gasteiger partial charge in [0.15, 0.2) is 0 Å². The molecule has 0 saturated carbocycles. The van der Waals surface area contributed by atoms with Crippen LogP contribution in [0.25, 0.3) is 0 Å². The van der Waals surface area contributed by atoms with Gasteiger partial charge >= 0.3 is 6.18 Å². The molecule has 1 heterocycles. The van der Waals surface area contributed by atoms with Gasteiger partial charge in [-0.3, -0.25) is 0 Å². The summed E-state index contributed by atoms with van der Waals surface area (Å²) in [7, 11) is 0. The molecule has 0 radical (unpaired) electrons. The van der Waals surface area contributed by atoms with Crippen molar-refractivity contribution in [2.45, 2.75) is 12.6 Å².